The Hall–Kier alpha value is -1.12. The van der Waals surface area contributed by atoms with Crippen LogP contribution in [0.5, 0.6) is 0 Å². The molecule has 1 aliphatic carbocycles. The van der Waals surface area contributed by atoms with E-state index in [2.05, 4.69) is 21.5 Å². The van der Waals surface area contributed by atoms with Crippen molar-refractivity contribution in [2.75, 3.05) is 6.54 Å². The summed E-state index contributed by atoms with van der Waals surface area (Å²) in [6, 6.07) is 0.443. The predicted molar refractivity (Wildman–Crippen MR) is 57.8 cm³/mol. The van der Waals surface area contributed by atoms with Crippen LogP contribution in [-0.2, 0) is 0 Å². The van der Waals surface area contributed by atoms with E-state index in [0.717, 1.165) is 18.9 Å². The van der Waals surface area contributed by atoms with Crippen LogP contribution in [-0.4, -0.2) is 24.6 Å². The molecule has 1 N–H and O–H groups in total. The van der Waals surface area contributed by atoms with Crippen molar-refractivity contribution in [3.05, 3.63) is 11.8 Å². The second-order valence-corrected chi connectivity index (χ2v) is 4.30. The Labute approximate surface area is 84.0 Å². The highest BCUT2D eigenvalue weighted by Gasteiger charge is 2.31. The summed E-state index contributed by atoms with van der Waals surface area (Å²) < 4.78 is 0. The molecule has 0 aromatic heterocycles. The molecule has 3 rings (SSSR count). The van der Waals surface area contributed by atoms with Crippen molar-refractivity contribution in [2.24, 2.45) is 15.9 Å². The molecule has 0 spiro atoms. The average molecular weight is 189 g/mol. The van der Waals surface area contributed by atoms with E-state index in [1.165, 1.54) is 30.5 Å². The lowest BCUT2D eigenvalue weighted by molar-refractivity contribution is 0.467. The number of aliphatic imine (C=N–C) groups is 2. The molecule has 0 radical (unpaired) electrons. The van der Waals surface area contributed by atoms with Crippen LogP contribution in [0.2, 0.25) is 0 Å². The molecule has 14 heavy (non-hydrogen) atoms. The predicted octanol–water partition coefficient (Wildman–Crippen LogP) is 1.52. The molecule has 2 heterocycles. The summed E-state index contributed by atoms with van der Waals surface area (Å²) in [6.07, 6.45) is 8.75. The van der Waals surface area contributed by atoms with Gasteiger partial charge in [-0.1, -0.05) is 0 Å². The molecule has 2 atom stereocenters. The first-order valence-electron chi connectivity index (χ1n) is 5.43. The second kappa shape index (κ2) is 3.23. The molecule has 2 aliphatic heterocycles. The molecule has 74 valence electrons. The van der Waals surface area contributed by atoms with Gasteiger partial charge in [-0.15, -0.1) is 0 Å². The van der Waals surface area contributed by atoms with Gasteiger partial charge in [0, 0.05) is 24.9 Å². The monoisotopic (exact) mass is 189 g/mol. The number of rotatable bonds is 0. The molecule has 3 nitrogen and oxygen atoms in total. The molecule has 0 aromatic rings. The van der Waals surface area contributed by atoms with E-state index < -0.39 is 0 Å². The number of nitrogens with one attached hydrogen (secondary N) is 1. The zero-order valence-electron chi connectivity index (χ0n) is 8.24. The van der Waals surface area contributed by atoms with E-state index >= 15 is 0 Å². The van der Waals surface area contributed by atoms with Gasteiger partial charge >= 0.3 is 0 Å². The molecule has 3 aliphatic rings. The van der Waals surface area contributed by atoms with Crippen LogP contribution in [0.25, 0.3) is 0 Å². The van der Waals surface area contributed by atoms with Gasteiger partial charge < -0.3 is 5.32 Å². The molecule has 1 saturated carbocycles. The van der Waals surface area contributed by atoms with E-state index in [1.54, 1.807) is 0 Å². The number of hydrogen-bond donors (Lipinski definition) is 1. The van der Waals surface area contributed by atoms with Crippen molar-refractivity contribution in [2.45, 2.75) is 31.7 Å². The molecular weight excluding hydrogens is 174 g/mol. The Morgan fingerprint density at radius 1 is 1.43 bits per heavy atom. The third-order valence-corrected chi connectivity index (χ3v) is 3.42. The zero-order chi connectivity index (χ0) is 9.38. The van der Waals surface area contributed by atoms with E-state index in [4.69, 9.17) is 0 Å². The fourth-order valence-corrected chi connectivity index (χ4v) is 2.64. The second-order valence-electron chi connectivity index (χ2n) is 4.30. The number of fused-ring (bicyclic) bond motifs is 2. The van der Waals surface area contributed by atoms with E-state index in [1.807, 2.05) is 6.34 Å². The SMILES string of the molecule is C1=NC2CC3CCCN=C3CC2=CN1. The lowest BCUT2D eigenvalue weighted by Crippen LogP contribution is -2.34. The summed E-state index contributed by atoms with van der Waals surface area (Å²) in [4.78, 5) is 9.12. The normalized spacial score (nSPS) is 34.9. The molecule has 0 saturated heterocycles. The highest BCUT2D eigenvalue weighted by molar-refractivity contribution is 5.91. The van der Waals surface area contributed by atoms with E-state index in [-0.39, 0.29) is 0 Å². The van der Waals surface area contributed by atoms with E-state index in [9.17, 15) is 0 Å². The van der Waals surface area contributed by atoms with Crippen LogP contribution >= 0.6 is 0 Å². The van der Waals surface area contributed by atoms with Gasteiger partial charge in [0.25, 0.3) is 0 Å². The molecule has 0 amide bonds. The van der Waals surface area contributed by atoms with Gasteiger partial charge in [0.15, 0.2) is 0 Å². The fraction of sp³-hybridized carbons (Fsp3) is 0.636. The fourth-order valence-electron chi connectivity index (χ4n) is 2.64. The van der Waals surface area contributed by atoms with Crippen LogP contribution < -0.4 is 5.32 Å². The third-order valence-electron chi connectivity index (χ3n) is 3.42. The minimum Gasteiger partial charge on any atom is -0.353 e. The molecule has 2 unspecified atom stereocenters. The summed E-state index contributed by atoms with van der Waals surface area (Å²) in [5.74, 6) is 0.723. The van der Waals surface area contributed by atoms with Gasteiger partial charge in [0.2, 0.25) is 0 Å². The smallest absolute Gasteiger partial charge is 0.0870 e. The van der Waals surface area contributed by atoms with Crippen molar-refractivity contribution in [3.63, 3.8) is 0 Å². The van der Waals surface area contributed by atoms with Crippen LogP contribution in [0.1, 0.15) is 25.7 Å². The van der Waals surface area contributed by atoms with E-state index in [0.29, 0.717) is 6.04 Å². The number of nitrogens with zero attached hydrogens (tertiary/aromatic N) is 2. The first-order valence-corrected chi connectivity index (χ1v) is 5.43. The maximum atomic E-state index is 4.64. The minimum atomic E-state index is 0.443. The van der Waals surface area contributed by atoms with Crippen LogP contribution in [0.3, 0.4) is 0 Å². The minimum absolute atomic E-state index is 0.443. The Kier molecular flexibility index (Phi) is 1.89. The van der Waals surface area contributed by atoms with Gasteiger partial charge in [-0.3, -0.25) is 9.98 Å². The topological polar surface area (TPSA) is 36.8 Å². The van der Waals surface area contributed by atoms with Gasteiger partial charge in [-0.05, 0) is 30.8 Å². The van der Waals surface area contributed by atoms with Crippen molar-refractivity contribution in [1.29, 1.82) is 0 Å². The summed E-state index contributed by atoms with van der Waals surface area (Å²) in [7, 11) is 0. The van der Waals surface area contributed by atoms with Crippen LogP contribution in [0.4, 0.5) is 0 Å². The largest absolute Gasteiger partial charge is 0.353 e. The lowest BCUT2D eigenvalue weighted by Gasteiger charge is -2.34. The van der Waals surface area contributed by atoms with Crippen molar-refractivity contribution in [3.8, 4) is 0 Å². The highest BCUT2D eigenvalue weighted by Crippen LogP contribution is 2.33. The standard InChI is InChI=1S/C11H15N3/c1-2-8-4-11-9(6-12-7-14-11)5-10(8)13-3-1/h6-8,11H,1-5H2,(H,12,14). The summed E-state index contributed by atoms with van der Waals surface area (Å²) in [5.41, 5.74) is 2.85. The zero-order valence-corrected chi connectivity index (χ0v) is 8.24. The lowest BCUT2D eigenvalue weighted by atomic mass is 9.77. The van der Waals surface area contributed by atoms with Crippen LogP contribution in [0.15, 0.2) is 21.8 Å². The van der Waals surface area contributed by atoms with Gasteiger partial charge in [-0.25, -0.2) is 0 Å². The number of hydrogen-bond acceptors (Lipinski definition) is 3. The van der Waals surface area contributed by atoms with Crippen molar-refractivity contribution >= 4 is 12.1 Å². The summed E-state index contributed by atoms with van der Waals surface area (Å²) >= 11 is 0. The highest BCUT2D eigenvalue weighted by atomic mass is 15.0. The Bertz CT molecular complexity index is 321. The van der Waals surface area contributed by atoms with Gasteiger partial charge in [-0.2, -0.15) is 0 Å². The summed E-state index contributed by atoms with van der Waals surface area (Å²) in [5, 5.41) is 3.07. The molecule has 1 fully saturated rings. The Balaban J connectivity index is 1.87. The van der Waals surface area contributed by atoms with Crippen molar-refractivity contribution in [1.82, 2.24) is 5.32 Å². The summed E-state index contributed by atoms with van der Waals surface area (Å²) in [6.45, 7) is 1.04. The maximum Gasteiger partial charge on any atom is 0.0870 e. The Morgan fingerprint density at radius 3 is 3.43 bits per heavy atom. The third kappa shape index (κ3) is 1.27. The van der Waals surface area contributed by atoms with Crippen LogP contribution in [0, 0.1) is 5.92 Å². The molecule has 3 heteroatoms. The van der Waals surface area contributed by atoms with Crippen molar-refractivity contribution < 1.29 is 0 Å². The average Bonchev–Trinajstić information content (AvgIpc) is 2.26. The van der Waals surface area contributed by atoms with Gasteiger partial charge in [0.1, 0.15) is 0 Å². The Morgan fingerprint density at radius 2 is 2.43 bits per heavy atom. The first-order chi connectivity index (χ1) is 6.93. The quantitative estimate of drug-likeness (QED) is 0.616. The molecule has 0 bridgehead atoms. The molecule has 0 aromatic carbocycles. The van der Waals surface area contributed by atoms with Gasteiger partial charge in [0.05, 0.1) is 12.4 Å². The first kappa shape index (κ1) is 8.21. The maximum absolute atomic E-state index is 4.64. The molecular formula is C11H15N3.